The van der Waals surface area contributed by atoms with Crippen molar-refractivity contribution in [3.8, 4) is 5.75 Å². The molecule has 0 saturated heterocycles. The molecule has 0 aliphatic carbocycles. The standard InChI is InChI=1S/C29H30IOP/c1-22-8-5-11-27(18-22)32(30,28-12-6-9-23(2)19-28,29-13-7-10-24(3)20-29)21-25-14-16-26(31-4)17-15-25/h5-20H,21H2,1-4H3. The van der Waals surface area contributed by atoms with Crippen molar-refractivity contribution in [2.24, 2.45) is 0 Å². The minimum atomic E-state index is -2.88. The Morgan fingerprint density at radius 2 is 1.03 bits per heavy atom. The van der Waals surface area contributed by atoms with Crippen LogP contribution in [0.5, 0.6) is 5.75 Å². The summed E-state index contributed by atoms with van der Waals surface area (Å²) >= 11 is 2.88. The third kappa shape index (κ3) is 4.11. The first-order valence-electron chi connectivity index (χ1n) is 10.9. The molecule has 0 N–H and O–H groups in total. The Morgan fingerprint density at radius 1 is 0.625 bits per heavy atom. The number of ether oxygens (including phenoxy) is 1. The quantitative estimate of drug-likeness (QED) is 0.185. The molecule has 0 aliphatic rings. The van der Waals surface area contributed by atoms with Gasteiger partial charge in [0.15, 0.2) is 0 Å². The summed E-state index contributed by atoms with van der Waals surface area (Å²) in [5, 5.41) is 4.26. The van der Waals surface area contributed by atoms with Crippen LogP contribution >= 0.6 is 26.3 Å². The third-order valence-corrected chi connectivity index (χ3v) is 17.3. The first-order valence-corrected chi connectivity index (χ1v) is 16.1. The molecular formula is C29H30IOP. The molecule has 4 aromatic carbocycles. The van der Waals surface area contributed by atoms with E-state index in [1.807, 2.05) is 0 Å². The molecule has 32 heavy (non-hydrogen) atoms. The van der Waals surface area contributed by atoms with Gasteiger partial charge in [-0.2, -0.15) is 0 Å². The second kappa shape index (κ2) is 9.00. The number of hydrogen-bond acceptors (Lipinski definition) is 1. The monoisotopic (exact) mass is 552 g/mol. The molecule has 0 radical (unpaired) electrons. The van der Waals surface area contributed by atoms with Gasteiger partial charge in [0.2, 0.25) is 0 Å². The van der Waals surface area contributed by atoms with Gasteiger partial charge in [0.1, 0.15) is 0 Å². The Labute approximate surface area is 205 Å². The van der Waals surface area contributed by atoms with Crippen molar-refractivity contribution in [1.82, 2.24) is 0 Å². The Kier molecular flexibility index (Phi) is 6.47. The maximum atomic E-state index is 5.43. The summed E-state index contributed by atoms with van der Waals surface area (Å²) in [6.45, 7) is 6.59. The van der Waals surface area contributed by atoms with Crippen LogP contribution in [0.3, 0.4) is 0 Å². The molecule has 1 nitrogen and oxygen atoms in total. The summed E-state index contributed by atoms with van der Waals surface area (Å²) in [5.41, 5.74) is 5.21. The normalized spacial score (nSPS) is 12.7. The molecule has 0 bridgehead atoms. The Morgan fingerprint density at radius 3 is 1.38 bits per heavy atom. The molecule has 4 rings (SSSR count). The number of methoxy groups -OCH3 is 1. The molecule has 0 saturated carbocycles. The van der Waals surface area contributed by atoms with Gasteiger partial charge >= 0.3 is 206 Å². The second-order valence-corrected chi connectivity index (χ2v) is 19.3. The van der Waals surface area contributed by atoms with Gasteiger partial charge in [0.05, 0.1) is 0 Å². The molecule has 0 aliphatic heterocycles. The zero-order valence-corrected chi connectivity index (χ0v) is 22.2. The molecule has 0 heterocycles. The predicted molar refractivity (Wildman–Crippen MR) is 150 cm³/mol. The summed E-state index contributed by atoms with van der Waals surface area (Å²) in [6.07, 6.45) is 0.951. The van der Waals surface area contributed by atoms with Crippen molar-refractivity contribution in [3.63, 3.8) is 0 Å². The average molecular weight is 552 g/mol. The van der Waals surface area contributed by atoms with Crippen LogP contribution in [-0.4, -0.2) is 7.11 Å². The van der Waals surface area contributed by atoms with E-state index in [9.17, 15) is 0 Å². The van der Waals surface area contributed by atoms with E-state index in [1.165, 1.54) is 38.2 Å². The first-order chi connectivity index (χ1) is 15.3. The van der Waals surface area contributed by atoms with Crippen LogP contribution < -0.4 is 20.7 Å². The van der Waals surface area contributed by atoms with Crippen LogP contribution in [-0.2, 0) is 6.16 Å². The minimum absolute atomic E-state index is 0.893. The molecular weight excluding hydrogens is 522 g/mol. The molecule has 0 fully saturated rings. The van der Waals surface area contributed by atoms with Gasteiger partial charge in [-0.1, -0.05) is 0 Å². The van der Waals surface area contributed by atoms with E-state index in [0.29, 0.717) is 0 Å². The zero-order valence-electron chi connectivity index (χ0n) is 19.2. The van der Waals surface area contributed by atoms with Gasteiger partial charge in [-0.25, -0.2) is 0 Å². The van der Waals surface area contributed by atoms with Crippen LogP contribution in [0.1, 0.15) is 22.3 Å². The van der Waals surface area contributed by atoms with E-state index >= 15 is 0 Å². The fourth-order valence-corrected chi connectivity index (χ4v) is 13.4. The fourth-order valence-electron chi connectivity index (χ4n) is 4.55. The predicted octanol–water partition coefficient (Wildman–Crippen LogP) is 7.00. The number of benzene rings is 4. The summed E-state index contributed by atoms with van der Waals surface area (Å²) in [6, 6.07) is 36.0. The molecule has 164 valence electrons. The molecule has 4 aromatic rings. The number of hydrogen-bond donors (Lipinski definition) is 0. The van der Waals surface area contributed by atoms with Crippen molar-refractivity contribution in [2.45, 2.75) is 26.9 Å². The number of rotatable bonds is 6. The molecule has 3 heteroatoms. The maximum absolute atomic E-state index is 5.43. The number of aryl methyl sites for hydroxylation is 3. The summed E-state index contributed by atoms with van der Waals surface area (Å²) in [5.74, 6) is 0.893. The molecule has 0 atom stereocenters. The van der Waals surface area contributed by atoms with Crippen LogP contribution in [0.15, 0.2) is 97.1 Å². The van der Waals surface area contributed by atoms with Crippen molar-refractivity contribution in [2.75, 3.05) is 7.11 Å². The van der Waals surface area contributed by atoms with Gasteiger partial charge < -0.3 is 0 Å². The van der Waals surface area contributed by atoms with Gasteiger partial charge in [-0.3, -0.25) is 0 Å². The number of halogens is 1. The van der Waals surface area contributed by atoms with Gasteiger partial charge in [0.25, 0.3) is 0 Å². The SMILES string of the molecule is COc1ccc(CP(I)(c2cccc(C)c2)(c2cccc(C)c2)c2cccc(C)c2)cc1. The fraction of sp³-hybridized carbons (Fsp3) is 0.172. The van der Waals surface area contributed by atoms with Crippen molar-refractivity contribution >= 4 is 42.2 Å². The topological polar surface area (TPSA) is 9.23 Å². The Bertz CT molecular complexity index is 1130. The summed E-state index contributed by atoms with van der Waals surface area (Å²) in [4.78, 5) is 0. The third-order valence-electron chi connectivity index (χ3n) is 6.26. The average Bonchev–Trinajstić information content (AvgIpc) is 2.80. The van der Waals surface area contributed by atoms with E-state index < -0.39 is 4.25 Å². The summed E-state index contributed by atoms with van der Waals surface area (Å²) in [7, 11) is 1.72. The van der Waals surface area contributed by atoms with Crippen LogP contribution in [0.25, 0.3) is 0 Å². The molecule has 0 amide bonds. The van der Waals surface area contributed by atoms with Crippen LogP contribution in [0.4, 0.5) is 0 Å². The van der Waals surface area contributed by atoms with E-state index in [2.05, 4.69) is 140 Å². The van der Waals surface area contributed by atoms with Crippen LogP contribution in [0.2, 0.25) is 0 Å². The van der Waals surface area contributed by atoms with E-state index in [1.54, 1.807) is 7.11 Å². The van der Waals surface area contributed by atoms with Crippen molar-refractivity contribution in [1.29, 1.82) is 0 Å². The Balaban J connectivity index is 2.10. The van der Waals surface area contributed by atoms with Crippen molar-refractivity contribution < 1.29 is 4.74 Å². The molecule has 0 unspecified atom stereocenters. The van der Waals surface area contributed by atoms with Gasteiger partial charge in [0, 0.05) is 0 Å². The van der Waals surface area contributed by atoms with Gasteiger partial charge in [-0.15, -0.1) is 0 Å². The first kappa shape index (κ1) is 23.0. The van der Waals surface area contributed by atoms with Crippen molar-refractivity contribution in [3.05, 3.63) is 119 Å². The Hall–Kier alpha value is -2.16. The van der Waals surface area contributed by atoms with E-state index in [0.717, 1.165) is 11.9 Å². The molecule has 0 spiro atoms. The molecule has 0 aromatic heterocycles. The van der Waals surface area contributed by atoms with Crippen LogP contribution in [0, 0.1) is 20.8 Å². The summed E-state index contributed by atoms with van der Waals surface area (Å²) < 4.78 is 2.56. The second-order valence-electron chi connectivity index (χ2n) is 8.71. The van der Waals surface area contributed by atoms with E-state index in [-0.39, 0.29) is 0 Å². The van der Waals surface area contributed by atoms with Gasteiger partial charge in [-0.05, 0) is 0 Å². The zero-order chi connectivity index (χ0) is 22.8. The van der Waals surface area contributed by atoms with E-state index in [4.69, 9.17) is 4.74 Å².